The number of ether oxygens (including phenoxy) is 3. The van der Waals surface area contributed by atoms with Crippen LogP contribution in [0.1, 0.15) is 15.9 Å². The molecule has 2 amide bonds. The first-order valence-corrected chi connectivity index (χ1v) is 10.2. The van der Waals surface area contributed by atoms with E-state index < -0.39 is 24.4 Å². The molecule has 33 heavy (non-hydrogen) atoms. The minimum absolute atomic E-state index is 0.344. The zero-order valence-electron chi connectivity index (χ0n) is 18.1. The van der Waals surface area contributed by atoms with Gasteiger partial charge in [0.05, 0.1) is 7.11 Å². The van der Waals surface area contributed by atoms with Crippen molar-refractivity contribution in [1.82, 2.24) is 5.32 Å². The quantitative estimate of drug-likeness (QED) is 0.462. The van der Waals surface area contributed by atoms with E-state index in [0.29, 0.717) is 29.4 Å². The van der Waals surface area contributed by atoms with Crippen LogP contribution in [0.2, 0.25) is 0 Å². The van der Waals surface area contributed by atoms with E-state index in [4.69, 9.17) is 14.2 Å². The molecule has 3 aromatic rings. The molecule has 0 bridgehead atoms. The van der Waals surface area contributed by atoms with Gasteiger partial charge in [-0.2, -0.15) is 0 Å². The molecule has 0 fully saturated rings. The van der Waals surface area contributed by atoms with Crippen molar-refractivity contribution < 1.29 is 28.6 Å². The molecular formula is C25H24N2O6. The summed E-state index contributed by atoms with van der Waals surface area (Å²) in [4.78, 5) is 35.9. The molecule has 0 unspecified atom stereocenters. The number of anilines is 1. The standard InChI is InChI=1S/C25H24N2O6/c1-31-22-9-5-8-19(14-22)25(30)26-15-24(29)33-17-23(28)27-20-10-12-21(13-11-20)32-16-18-6-3-2-4-7-18/h2-14H,15-17H2,1H3,(H,26,30)(H,27,28). The maximum atomic E-state index is 12.1. The van der Waals surface area contributed by atoms with E-state index in [1.807, 2.05) is 30.3 Å². The number of methoxy groups -OCH3 is 1. The second-order valence-corrected chi connectivity index (χ2v) is 6.92. The Hall–Kier alpha value is -4.33. The number of rotatable bonds is 10. The summed E-state index contributed by atoms with van der Waals surface area (Å²) in [5, 5.41) is 5.07. The monoisotopic (exact) mass is 448 g/mol. The molecule has 0 aliphatic heterocycles. The van der Waals surface area contributed by atoms with E-state index in [-0.39, 0.29) is 6.54 Å². The van der Waals surface area contributed by atoms with Crippen molar-refractivity contribution in [3.05, 3.63) is 90.0 Å². The van der Waals surface area contributed by atoms with Crippen LogP contribution in [-0.2, 0) is 20.9 Å². The summed E-state index contributed by atoms with van der Waals surface area (Å²) in [5.74, 6) is -0.496. The summed E-state index contributed by atoms with van der Waals surface area (Å²) in [6.07, 6.45) is 0. The lowest BCUT2D eigenvalue weighted by atomic mass is 10.2. The maximum absolute atomic E-state index is 12.1. The highest BCUT2D eigenvalue weighted by Gasteiger charge is 2.12. The normalized spacial score (nSPS) is 10.1. The summed E-state index contributed by atoms with van der Waals surface area (Å²) in [5.41, 5.74) is 1.93. The lowest BCUT2D eigenvalue weighted by Crippen LogP contribution is -2.32. The fraction of sp³-hybridized carbons (Fsp3) is 0.160. The lowest BCUT2D eigenvalue weighted by molar-refractivity contribution is -0.146. The van der Waals surface area contributed by atoms with Gasteiger partial charge in [0.1, 0.15) is 24.7 Å². The highest BCUT2D eigenvalue weighted by atomic mass is 16.5. The van der Waals surface area contributed by atoms with Crippen LogP contribution in [0.25, 0.3) is 0 Å². The number of amides is 2. The van der Waals surface area contributed by atoms with Crippen molar-refractivity contribution in [2.75, 3.05) is 25.6 Å². The molecule has 0 atom stereocenters. The molecule has 0 saturated heterocycles. The Bertz CT molecular complexity index is 1080. The van der Waals surface area contributed by atoms with E-state index in [9.17, 15) is 14.4 Å². The first-order chi connectivity index (χ1) is 16.0. The molecule has 8 heteroatoms. The number of benzene rings is 3. The highest BCUT2D eigenvalue weighted by molar-refractivity contribution is 5.97. The fourth-order valence-electron chi connectivity index (χ4n) is 2.79. The van der Waals surface area contributed by atoms with Crippen molar-refractivity contribution in [3.63, 3.8) is 0 Å². The number of carbonyl (C=O) groups is 3. The van der Waals surface area contributed by atoms with Gasteiger partial charge in [-0.1, -0.05) is 36.4 Å². The van der Waals surface area contributed by atoms with Gasteiger partial charge in [-0.3, -0.25) is 14.4 Å². The first-order valence-electron chi connectivity index (χ1n) is 10.2. The third-order valence-corrected chi connectivity index (χ3v) is 4.48. The second-order valence-electron chi connectivity index (χ2n) is 6.92. The van der Waals surface area contributed by atoms with Crippen LogP contribution in [0.5, 0.6) is 11.5 Å². The molecule has 0 radical (unpaired) electrons. The highest BCUT2D eigenvalue weighted by Crippen LogP contribution is 2.17. The predicted molar refractivity (Wildman–Crippen MR) is 122 cm³/mol. The average Bonchev–Trinajstić information content (AvgIpc) is 2.86. The summed E-state index contributed by atoms with van der Waals surface area (Å²) >= 11 is 0. The van der Waals surface area contributed by atoms with Crippen LogP contribution in [-0.4, -0.2) is 38.0 Å². The first kappa shape index (κ1) is 23.3. The molecule has 0 spiro atoms. The van der Waals surface area contributed by atoms with Crippen LogP contribution < -0.4 is 20.1 Å². The average molecular weight is 448 g/mol. The van der Waals surface area contributed by atoms with Gasteiger partial charge in [0.25, 0.3) is 11.8 Å². The second kappa shape index (κ2) is 11.9. The van der Waals surface area contributed by atoms with Gasteiger partial charge in [0.15, 0.2) is 6.61 Å². The Morgan fingerprint density at radius 3 is 2.33 bits per heavy atom. The fourth-order valence-corrected chi connectivity index (χ4v) is 2.79. The van der Waals surface area contributed by atoms with Crippen molar-refractivity contribution in [2.24, 2.45) is 0 Å². The van der Waals surface area contributed by atoms with E-state index >= 15 is 0 Å². The Labute approximate surface area is 191 Å². The summed E-state index contributed by atoms with van der Waals surface area (Å²) in [7, 11) is 1.49. The minimum Gasteiger partial charge on any atom is -0.497 e. The van der Waals surface area contributed by atoms with Crippen LogP contribution in [0.15, 0.2) is 78.9 Å². The predicted octanol–water partition coefficient (Wildman–Crippen LogP) is 3.19. The van der Waals surface area contributed by atoms with Crippen LogP contribution in [0.4, 0.5) is 5.69 Å². The van der Waals surface area contributed by atoms with Gasteiger partial charge in [-0.25, -0.2) is 0 Å². The molecule has 3 rings (SSSR count). The van der Waals surface area contributed by atoms with Gasteiger partial charge in [0, 0.05) is 11.3 Å². The molecule has 3 aromatic carbocycles. The van der Waals surface area contributed by atoms with Crippen molar-refractivity contribution in [2.45, 2.75) is 6.61 Å². The third kappa shape index (κ3) is 7.70. The topological polar surface area (TPSA) is 103 Å². The van der Waals surface area contributed by atoms with Gasteiger partial charge in [0.2, 0.25) is 0 Å². The number of carbonyl (C=O) groups excluding carboxylic acids is 3. The molecule has 2 N–H and O–H groups in total. The van der Waals surface area contributed by atoms with Gasteiger partial charge in [-0.15, -0.1) is 0 Å². The summed E-state index contributed by atoms with van der Waals surface area (Å²) in [6, 6.07) is 23.1. The molecule has 0 aliphatic carbocycles. The van der Waals surface area contributed by atoms with Gasteiger partial charge >= 0.3 is 5.97 Å². The smallest absolute Gasteiger partial charge is 0.325 e. The summed E-state index contributed by atoms with van der Waals surface area (Å²) < 4.78 is 15.7. The summed E-state index contributed by atoms with van der Waals surface area (Å²) in [6.45, 7) is -0.395. The van der Waals surface area contributed by atoms with Crippen molar-refractivity contribution in [1.29, 1.82) is 0 Å². The molecule has 0 aromatic heterocycles. The number of esters is 1. The lowest BCUT2D eigenvalue weighted by Gasteiger charge is -2.09. The van der Waals surface area contributed by atoms with E-state index in [1.165, 1.54) is 7.11 Å². The number of hydrogen-bond donors (Lipinski definition) is 2. The number of hydrogen-bond acceptors (Lipinski definition) is 6. The van der Waals surface area contributed by atoms with Crippen molar-refractivity contribution >= 4 is 23.5 Å². The number of nitrogens with one attached hydrogen (secondary N) is 2. The van der Waals surface area contributed by atoms with E-state index in [1.54, 1.807) is 48.5 Å². The Morgan fingerprint density at radius 2 is 1.61 bits per heavy atom. The van der Waals surface area contributed by atoms with E-state index in [2.05, 4.69) is 10.6 Å². The molecule has 170 valence electrons. The van der Waals surface area contributed by atoms with Crippen LogP contribution >= 0.6 is 0 Å². The molecule has 0 aliphatic rings. The van der Waals surface area contributed by atoms with Gasteiger partial charge in [-0.05, 0) is 48.0 Å². The Kier molecular flexibility index (Phi) is 8.41. The largest absolute Gasteiger partial charge is 0.497 e. The van der Waals surface area contributed by atoms with Crippen molar-refractivity contribution in [3.8, 4) is 11.5 Å². The van der Waals surface area contributed by atoms with E-state index in [0.717, 1.165) is 5.56 Å². The maximum Gasteiger partial charge on any atom is 0.325 e. The Balaban J connectivity index is 1.37. The van der Waals surface area contributed by atoms with Crippen LogP contribution in [0, 0.1) is 0 Å². The zero-order valence-corrected chi connectivity index (χ0v) is 18.1. The SMILES string of the molecule is COc1cccc(C(=O)NCC(=O)OCC(=O)Nc2ccc(OCc3ccccc3)cc2)c1. The minimum atomic E-state index is -0.731. The molecular weight excluding hydrogens is 424 g/mol. The molecule has 8 nitrogen and oxygen atoms in total. The molecule has 0 heterocycles. The van der Waals surface area contributed by atoms with Crippen LogP contribution in [0.3, 0.4) is 0 Å². The zero-order chi connectivity index (χ0) is 23.5. The molecule has 0 saturated carbocycles. The Morgan fingerprint density at radius 1 is 0.848 bits per heavy atom. The van der Waals surface area contributed by atoms with Gasteiger partial charge < -0.3 is 24.8 Å². The third-order valence-electron chi connectivity index (χ3n) is 4.48.